The maximum absolute atomic E-state index is 5.86. The van der Waals surface area contributed by atoms with Crippen molar-refractivity contribution in [1.82, 2.24) is 0 Å². The third-order valence-corrected chi connectivity index (χ3v) is 4.30. The summed E-state index contributed by atoms with van der Waals surface area (Å²) in [6.07, 6.45) is 0. The second-order valence-electron chi connectivity index (χ2n) is 3.71. The van der Waals surface area contributed by atoms with Crippen molar-refractivity contribution in [2.24, 2.45) is 5.73 Å². The first-order chi connectivity index (χ1) is 8.29. The zero-order chi connectivity index (χ0) is 12.1. The Bertz CT molecular complexity index is 455. The molecule has 2 N–H and O–H groups in total. The molecule has 0 amide bonds. The van der Waals surface area contributed by atoms with Gasteiger partial charge in [0.25, 0.3) is 0 Å². The van der Waals surface area contributed by atoms with E-state index in [1.807, 2.05) is 17.8 Å². The van der Waals surface area contributed by atoms with Crippen molar-refractivity contribution in [3.8, 4) is 0 Å². The van der Waals surface area contributed by atoms with E-state index in [4.69, 9.17) is 5.73 Å². The molecule has 0 saturated carbocycles. The van der Waals surface area contributed by atoms with E-state index in [0.29, 0.717) is 11.8 Å². The number of halogens is 1. The molecule has 2 aromatic carbocycles. The van der Waals surface area contributed by atoms with Gasteiger partial charge in [0.15, 0.2) is 0 Å². The average molecular weight is 308 g/mol. The first-order valence-electron chi connectivity index (χ1n) is 5.47. The minimum absolute atomic E-state index is 0.311. The molecule has 0 aromatic heterocycles. The molecule has 0 spiro atoms. The van der Waals surface area contributed by atoms with E-state index in [1.54, 1.807) is 0 Å². The zero-order valence-corrected chi connectivity index (χ0v) is 11.7. The summed E-state index contributed by atoms with van der Waals surface area (Å²) in [5.41, 5.74) is 7.13. The van der Waals surface area contributed by atoms with Gasteiger partial charge in [-0.25, -0.2) is 0 Å². The Balaban J connectivity index is 2.14. The van der Waals surface area contributed by atoms with Crippen LogP contribution in [0.5, 0.6) is 0 Å². The molecule has 3 heteroatoms. The van der Waals surface area contributed by atoms with E-state index in [1.165, 1.54) is 10.5 Å². The van der Waals surface area contributed by atoms with Crippen LogP contribution in [0.2, 0.25) is 0 Å². The largest absolute Gasteiger partial charge is 0.329 e. The summed E-state index contributed by atoms with van der Waals surface area (Å²) in [7, 11) is 0. The third kappa shape index (κ3) is 3.60. The molecule has 0 aliphatic heterocycles. The third-order valence-electron chi connectivity index (χ3n) is 2.48. The van der Waals surface area contributed by atoms with Gasteiger partial charge in [0.05, 0.1) is 0 Å². The molecule has 88 valence electrons. The van der Waals surface area contributed by atoms with Gasteiger partial charge in [-0.1, -0.05) is 46.3 Å². The van der Waals surface area contributed by atoms with Crippen LogP contribution < -0.4 is 5.73 Å². The molecule has 17 heavy (non-hydrogen) atoms. The lowest BCUT2D eigenvalue weighted by molar-refractivity contribution is 0.940. The Labute approximate surface area is 115 Å². The molecule has 0 fully saturated rings. The van der Waals surface area contributed by atoms with Gasteiger partial charge in [0, 0.05) is 21.2 Å². The Kier molecular flexibility index (Phi) is 4.66. The quantitative estimate of drug-likeness (QED) is 0.855. The predicted molar refractivity (Wildman–Crippen MR) is 78.2 cm³/mol. The van der Waals surface area contributed by atoms with Crippen molar-refractivity contribution < 1.29 is 0 Å². The van der Waals surface area contributed by atoms with E-state index in [0.717, 1.165) is 4.47 Å². The number of rotatable bonds is 4. The molecule has 2 aromatic rings. The molecule has 2 rings (SSSR count). The zero-order valence-electron chi connectivity index (χ0n) is 9.34. The Hall–Kier alpha value is -0.770. The highest BCUT2D eigenvalue weighted by Gasteiger charge is 2.10. The summed E-state index contributed by atoms with van der Waals surface area (Å²) in [6.45, 7) is 0.640. The molecule has 0 saturated heterocycles. The lowest BCUT2D eigenvalue weighted by Crippen LogP contribution is -2.09. The fourth-order valence-corrected chi connectivity index (χ4v) is 2.89. The number of hydrogen-bond donors (Lipinski definition) is 1. The summed E-state index contributed by atoms with van der Waals surface area (Å²) in [5.74, 6) is 0. The van der Waals surface area contributed by atoms with Gasteiger partial charge >= 0.3 is 0 Å². The highest BCUT2D eigenvalue weighted by molar-refractivity contribution is 9.10. The molecule has 0 aliphatic rings. The first-order valence-corrected chi connectivity index (χ1v) is 7.14. The minimum Gasteiger partial charge on any atom is -0.329 e. The summed E-state index contributed by atoms with van der Waals surface area (Å²) in [6, 6.07) is 18.7. The molecular formula is C14H14BrNS. The molecule has 0 heterocycles. The number of benzene rings is 2. The minimum atomic E-state index is 0.311. The van der Waals surface area contributed by atoms with E-state index in [9.17, 15) is 0 Å². The van der Waals surface area contributed by atoms with Crippen LogP contribution in [0.15, 0.2) is 64.0 Å². The van der Waals surface area contributed by atoms with Crippen LogP contribution in [0.25, 0.3) is 0 Å². The van der Waals surface area contributed by atoms with Crippen LogP contribution in [-0.4, -0.2) is 6.54 Å². The Morgan fingerprint density at radius 3 is 2.24 bits per heavy atom. The van der Waals surface area contributed by atoms with E-state index >= 15 is 0 Å². The first kappa shape index (κ1) is 12.7. The summed E-state index contributed by atoms with van der Waals surface area (Å²) < 4.78 is 1.10. The number of nitrogens with two attached hydrogens (primary N) is 1. The van der Waals surface area contributed by atoms with Gasteiger partial charge in [-0.2, -0.15) is 0 Å². The molecule has 0 aliphatic carbocycles. The van der Waals surface area contributed by atoms with Gasteiger partial charge in [0.2, 0.25) is 0 Å². The molecule has 1 unspecified atom stereocenters. The second kappa shape index (κ2) is 6.24. The molecule has 0 radical (unpaired) electrons. The normalized spacial score (nSPS) is 12.4. The monoisotopic (exact) mass is 307 g/mol. The van der Waals surface area contributed by atoms with Crippen molar-refractivity contribution >= 4 is 27.7 Å². The van der Waals surface area contributed by atoms with Crippen LogP contribution >= 0.6 is 27.7 Å². The van der Waals surface area contributed by atoms with Crippen LogP contribution in [-0.2, 0) is 0 Å². The lowest BCUT2D eigenvalue weighted by Gasteiger charge is -2.14. The van der Waals surface area contributed by atoms with E-state index in [2.05, 4.69) is 64.5 Å². The summed E-state index contributed by atoms with van der Waals surface area (Å²) in [5, 5.41) is 0.311. The highest BCUT2D eigenvalue weighted by Crippen LogP contribution is 2.34. The fourth-order valence-electron chi connectivity index (χ4n) is 1.59. The smallest absolute Gasteiger partial charge is 0.0466 e. The van der Waals surface area contributed by atoms with Crippen LogP contribution in [0, 0.1) is 0 Å². The maximum atomic E-state index is 5.86. The fraction of sp³-hybridized carbons (Fsp3) is 0.143. The van der Waals surface area contributed by atoms with Crippen LogP contribution in [0.3, 0.4) is 0 Å². The van der Waals surface area contributed by atoms with Gasteiger partial charge in [0.1, 0.15) is 0 Å². The molecule has 0 bridgehead atoms. The molecular weight excluding hydrogens is 294 g/mol. The Morgan fingerprint density at radius 2 is 1.65 bits per heavy atom. The Morgan fingerprint density at radius 1 is 1.00 bits per heavy atom. The van der Waals surface area contributed by atoms with Gasteiger partial charge in [-0.3, -0.25) is 0 Å². The summed E-state index contributed by atoms with van der Waals surface area (Å²) in [4.78, 5) is 1.26. The summed E-state index contributed by atoms with van der Waals surface area (Å²) >= 11 is 5.25. The van der Waals surface area contributed by atoms with E-state index < -0.39 is 0 Å². The standard InChI is InChI=1S/C14H14BrNS/c15-12-8-6-11(7-9-12)14(10-16)17-13-4-2-1-3-5-13/h1-9,14H,10,16H2. The van der Waals surface area contributed by atoms with Gasteiger partial charge in [-0.05, 0) is 29.8 Å². The van der Waals surface area contributed by atoms with E-state index in [-0.39, 0.29) is 0 Å². The topological polar surface area (TPSA) is 26.0 Å². The molecule has 1 atom stereocenters. The predicted octanol–water partition coefficient (Wildman–Crippen LogP) is 4.24. The van der Waals surface area contributed by atoms with Gasteiger partial charge in [-0.15, -0.1) is 11.8 Å². The van der Waals surface area contributed by atoms with Crippen molar-refractivity contribution in [2.45, 2.75) is 10.1 Å². The average Bonchev–Trinajstić information content (AvgIpc) is 2.38. The maximum Gasteiger partial charge on any atom is 0.0466 e. The van der Waals surface area contributed by atoms with Crippen LogP contribution in [0.1, 0.15) is 10.8 Å². The van der Waals surface area contributed by atoms with Crippen molar-refractivity contribution in [1.29, 1.82) is 0 Å². The molecule has 1 nitrogen and oxygen atoms in total. The second-order valence-corrected chi connectivity index (χ2v) is 5.90. The van der Waals surface area contributed by atoms with Crippen molar-refractivity contribution in [2.75, 3.05) is 6.54 Å². The number of hydrogen-bond acceptors (Lipinski definition) is 2. The highest BCUT2D eigenvalue weighted by atomic mass is 79.9. The van der Waals surface area contributed by atoms with Crippen molar-refractivity contribution in [3.63, 3.8) is 0 Å². The van der Waals surface area contributed by atoms with Crippen LogP contribution in [0.4, 0.5) is 0 Å². The lowest BCUT2D eigenvalue weighted by atomic mass is 10.1. The van der Waals surface area contributed by atoms with Crippen molar-refractivity contribution in [3.05, 3.63) is 64.6 Å². The van der Waals surface area contributed by atoms with Gasteiger partial charge < -0.3 is 5.73 Å². The number of thioether (sulfide) groups is 1. The SMILES string of the molecule is NCC(Sc1ccccc1)c1ccc(Br)cc1.